The molecule has 0 aliphatic rings. The summed E-state index contributed by atoms with van der Waals surface area (Å²) in [5, 5.41) is 2.11. The highest BCUT2D eigenvalue weighted by Crippen LogP contribution is 2.30. The largest absolute Gasteiger partial charge is 0.361 e. The molecular weight excluding hydrogens is 218 g/mol. The van der Waals surface area contributed by atoms with Crippen molar-refractivity contribution in [3.63, 3.8) is 0 Å². The molecule has 1 nitrogen and oxygen atoms in total. The van der Waals surface area contributed by atoms with E-state index in [1.807, 2.05) is 12.1 Å². The number of rotatable bonds is 4. The lowest BCUT2D eigenvalue weighted by Gasteiger charge is -2.09. The van der Waals surface area contributed by atoms with Gasteiger partial charge >= 0.3 is 0 Å². The highest BCUT2D eigenvalue weighted by atomic mass is 35.5. The number of nitrogens with one attached hydrogen (secondary N) is 1. The Morgan fingerprint density at radius 1 is 1.38 bits per heavy atom. The smallest absolute Gasteiger partial charge is 0.0471 e. The SMILES string of the molecule is CCCCC(C)c1c[nH]c2cc(Cl)ccc12. The van der Waals surface area contributed by atoms with E-state index < -0.39 is 0 Å². The topological polar surface area (TPSA) is 15.8 Å². The quantitative estimate of drug-likeness (QED) is 0.758. The number of aromatic nitrogens is 1. The van der Waals surface area contributed by atoms with Crippen molar-refractivity contribution in [1.29, 1.82) is 0 Å². The Balaban J connectivity index is 2.31. The third kappa shape index (κ3) is 2.25. The van der Waals surface area contributed by atoms with Gasteiger partial charge in [-0.1, -0.05) is 44.4 Å². The van der Waals surface area contributed by atoms with Crippen LogP contribution < -0.4 is 0 Å². The van der Waals surface area contributed by atoms with Gasteiger partial charge in [0.05, 0.1) is 0 Å². The van der Waals surface area contributed by atoms with Gasteiger partial charge in [-0.25, -0.2) is 0 Å². The first-order valence-electron chi connectivity index (χ1n) is 5.99. The molecule has 1 unspecified atom stereocenters. The summed E-state index contributed by atoms with van der Waals surface area (Å²) in [5.74, 6) is 0.620. The van der Waals surface area contributed by atoms with Gasteiger partial charge in [0.15, 0.2) is 0 Å². The highest BCUT2D eigenvalue weighted by molar-refractivity contribution is 6.31. The molecule has 0 amide bonds. The van der Waals surface area contributed by atoms with Crippen molar-refractivity contribution in [3.05, 3.63) is 35.0 Å². The lowest BCUT2D eigenvalue weighted by atomic mass is 9.95. The summed E-state index contributed by atoms with van der Waals surface area (Å²) in [4.78, 5) is 3.30. The van der Waals surface area contributed by atoms with E-state index in [0.717, 1.165) is 10.5 Å². The number of H-pyrrole nitrogens is 1. The van der Waals surface area contributed by atoms with Crippen molar-refractivity contribution in [3.8, 4) is 0 Å². The van der Waals surface area contributed by atoms with E-state index in [0.29, 0.717) is 5.92 Å². The van der Waals surface area contributed by atoms with Gasteiger partial charge in [-0.2, -0.15) is 0 Å². The number of fused-ring (bicyclic) bond motifs is 1. The third-order valence-corrected chi connectivity index (χ3v) is 3.43. The number of aromatic amines is 1. The monoisotopic (exact) mass is 235 g/mol. The van der Waals surface area contributed by atoms with E-state index in [2.05, 4.69) is 31.1 Å². The first kappa shape index (κ1) is 11.5. The molecule has 0 saturated carbocycles. The molecule has 1 atom stereocenters. The fourth-order valence-electron chi connectivity index (χ4n) is 2.19. The number of halogens is 1. The Hall–Kier alpha value is -0.950. The molecule has 1 aromatic heterocycles. The van der Waals surface area contributed by atoms with Crippen LogP contribution in [0.3, 0.4) is 0 Å². The van der Waals surface area contributed by atoms with Crippen molar-refractivity contribution in [1.82, 2.24) is 4.98 Å². The zero-order chi connectivity index (χ0) is 11.5. The summed E-state index contributed by atoms with van der Waals surface area (Å²) >= 11 is 5.97. The number of benzene rings is 1. The fraction of sp³-hybridized carbons (Fsp3) is 0.429. The van der Waals surface area contributed by atoms with Crippen molar-refractivity contribution in [2.75, 3.05) is 0 Å². The van der Waals surface area contributed by atoms with Crippen LogP contribution in [0.1, 0.15) is 44.6 Å². The maximum atomic E-state index is 5.97. The Labute approximate surface area is 102 Å². The molecule has 2 aromatic rings. The van der Waals surface area contributed by atoms with Crippen LogP contribution in [0.15, 0.2) is 24.4 Å². The van der Waals surface area contributed by atoms with Crippen LogP contribution in [0, 0.1) is 0 Å². The maximum absolute atomic E-state index is 5.97. The minimum atomic E-state index is 0.620. The van der Waals surface area contributed by atoms with Crippen LogP contribution in [0.25, 0.3) is 10.9 Å². The second-order valence-electron chi connectivity index (χ2n) is 4.48. The van der Waals surface area contributed by atoms with Gasteiger partial charge in [0.25, 0.3) is 0 Å². The normalized spacial score (nSPS) is 13.2. The van der Waals surface area contributed by atoms with Crippen molar-refractivity contribution >= 4 is 22.5 Å². The Kier molecular flexibility index (Phi) is 3.55. The van der Waals surface area contributed by atoms with Crippen LogP contribution in [0.2, 0.25) is 5.02 Å². The molecule has 1 heterocycles. The molecule has 0 fully saturated rings. The van der Waals surface area contributed by atoms with Crippen LogP contribution in [-0.4, -0.2) is 4.98 Å². The summed E-state index contributed by atoms with van der Waals surface area (Å²) in [6.07, 6.45) is 5.94. The molecule has 0 aliphatic heterocycles. The van der Waals surface area contributed by atoms with E-state index in [4.69, 9.17) is 11.6 Å². The zero-order valence-electron chi connectivity index (χ0n) is 9.89. The van der Waals surface area contributed by atoms with Gasteiger partial charge in [0.2, 0.25) is 0 Å². The van der Waals surface area contributed by atoms with Crippen LogP contribution in [0.5, 0.6) is 0 Å². The molecule has 2 rings (SSSR count). The maximum Gasteiger partial charge on any atom is 0.0471 e. The van der Waals surface area contributed by atoms with Crippen molar-refractivity contribution in [2.45, 2.75) is 39.0 Å². The lowest BCUT2D eigenvalue weighted by molar-refractivity contribution is 0.627. The third-order valence-electron chi connectivity index (χ3n) is 3.20. The number of hydrogen-bond donors (Lipinski definition) is 1. The highest BCUT2D eigenvalue weighted by Gasteiger charge is 2.10. The van der Waals surface area contributed by atoms with Crippen LogP contribution in [0.4, 0.5) is 0 Å². The summed E-state index contributed by atoms with van der Waals surface area (Å²) < 4.78 is 0. The molecule has 0 spiro atoms. The van der Waals surface area contributed by atoms with Crippen molar-refractivity contribution < 1.29 is 0 Å². The van der Waals surface area contributed by atoms with Crippen molar-refractivity contribution in [2.24, 2.45) is 0 Å². The van der Waals surface area contributed by atoms with Crippen LogP contribution in [-0.2, 0) is 0 Å². The van der Waals surface area contributed by atoms with E-state index in [1.54, 1.807) is 0 Å². The summed E-state index contributed by atoms with van der Waals surface area (Å²) in [5.41, 5.74) is 2.56. The minimum Gasteiger partial charge on any atom is -0.361 e. The zero-order valence-corrected chi connectivity index (χ0v) is 10.6. The fourth-order valence-corrected chi connectivity index (χ4v) is 2.37. The first-order valence-corrected chi connectivity index (χ1v) is 6.36. The minimum absolute atomic E-state index is 0.620. The predicted octanol–water partition coefficient (Wildman–Crippen LogP) is 5.12. The summed E-state index contributed by atoms with van der Waals surface area (Å²) in [6, 6.07) is 6.08. The molecule has 0 bridgehead atoms. The van der Waals surface area contributed by atoms with Gasteiger partial charge in [0, 0.05) is 22.1 Å². The molecule has 0 aliphatic carbocycles. The molecule has 0 radical (unpaired) electrons. The molecule has 2 heteroatoms. The van der Waals surface area contributed by atoms with Gasteiger partial charge in [-0.15, -0.1) is 0 Å². The predicted molar refractivity (Wildman–Crippen MR) is 71.2 cm³/mol. The Morgan fingerprint density at radius 3 is 2.94 bits per heavy atom. The van der Waals surface area contributed by atoms with E-state index in [9.17, 15) is 0 Å². The second-order valence-corrected chi connectivity index (χ2v) is 4.91. The molecule has 1 aromatic carbocycles. The summed E-state index contributed by atoms with van der Waals surface area (Å²) in [6.45, 7) is 4.54. The average molecular weight is 236 g/mol. The molecule has 1 N–H and O–H groups in total. The van der Waals surface area contributed by atoms with Gasteiger partial charge in [0.1, 0.15) is 0 Å². The molecule has 0 saturated heterocycles. The van der Waals surface area contributed by atoms with E-state index >= 15 is 0 Å². The van der Waals surface area contributed by atoms with Gasteiger partial charge in [-0.05, 0) is 30.0 Å². The van der Waals surface area contributed by atoms with Gasteiger partial charge in [-0.3, -0.25) is 0 Å². The lowest BCUT2D eigenvalue weighted by Crippen LogP contribution is -1.91. The van der Waals surface area contributed by atoms with Crippen LogP contribution >= 0.6 is 11.6 Å². The Bertz CT molecular complexity index is 473. The number of hydrogen-bond acceptors (Lipinski definition) is 0. The number of unbranched alkanes of at least 4 members (excludes halogenated alkanes) is 1. The second kappa shape index (κ2) is 4.92. The molecular formula is C14H18ClN. The summed E-state index contributed by atoms with van der Waals surface area (Å²) in [7, 11) is 0. The molecule has 16 heavy (non-hydrogen) atoms. The van der Waals surface area contributed by atoms with Gasteiger partial charge < -0.3 is 4.98 Å². The standard InChI is InChI=1S/C14H18ClN/c1-3-4-5-10(2)13-9-16-14-8-11(15)6-7-12(13)14/h6-10,16H,3-5H2,1-2H3. The average Bonchev–Trinajstić information content (AvgIpc) is 2.68. The molecule has 86 valence electrons. The first-order chi connectivity index (χ1) is 7.72. The van der Waals surface area contributed by atoms with E-state index in [1.165, 1.54) is 30.2 Å². The Morgan fingerprint density at radius 2 is 2.19 bits per heavy atom. The van der Waals surface area contributed by atoms with E-state index in [-0.39, 0.29) is 0 Å².